The minimum Gasteiger partial charge on any atom is -0.497 e. The third-order valence-electron chi connectivity index (χ3n) is 4.27. The standard InChI is InChI=1S/C20H20N2O6S/c1-5-27-20(25)15-10(2)14-17(23)21-16(22-18(14)29-15)11(3)28-19(24)12-6-8-13(26-4)9-7-12/h6-9,11H,5H2,1-4H3,(H,21,22,23)/t11-/m1/s1. The molecule has 0 bridgehead atoms. The van der Waals surface area contributed by atoms with E-state index in [1.165, 1.54) is 7.11 Å². The zero-order valence-corrected chi connectivity index (χ0v) is 17.2. The van der Waals surface area contributed by atoms with Crippen LogP contribution in [-0.4, -0.2) is 35.6 Å². The van der Waals surface area contributed by atoms with Crippen LogP contribution in [0.1, 0.15) is 51.4 Å². The first kappa shape index (κ1) is 20.5. The van der Waals surface area contributed by atoms with E-state index in [0.29, 0.717) is 32.0 Å². The highest BCUT2D eigenvalue weighted by molar-refractivity contribution is 7.20. The number of hydrogen-bond donors (Lipinski definition) is 1. The highest BCUT2D eigenvalue weighted by atomic mass is 32.1. The number of nitrogens with one attached hydrogen (secondary N) is 1. The van der Waals surface area contributed by atoms with Crippen LogP contribution < -0.4 is 10.3 Å². The molecule has 2 aromatic heterocycles. The van der Waals surface area contributed by atoms with E-state index in [4.69, 9.17) is 14.2 Å². The van der Waals surface area contributed by atoms with Crippen LogP contribution in [0.4, 0.5) is 0 Å². The molecule has 0 radical (unpaired) electrons. The third kappa shape index (κ3) is 4.14. The number of esters is 2. The number of methoxy groups -OCH3 is 1. The number of H-pyrrole nitrogens is 1. The van der Waals surface area contributed by atoms with Crippen LogP contribution in [0.25, 0.3) is 10.2 Å². The van der Waals surface area contributed by atoms with Crippen molar-refractivity contribution in [3.8, 4) is 5.75 Å². The molecule has 29 heavy (non-hydrogen) atoms. The average Bonchev–Trinajstić information content (AvgIpc) is 3.05. The summed E-state index contributed by atoms with van der Waals surface area (Å²) in [6.45, 7) is 5.23. The molecule has 0 amide bonds. The summed E-state index contributed by atoms with van der Waals surface area (Å²) in [5.41, 5.74) is 0.464. The Hall–Kier alpha value is -3.20. The van der Waals surface area contributed by atoms with Crippen molar-refractivity contribution in [2.75, 3.05) is 13.7 Å². The fourth-order valence-electron chi connectivity index (χ4n) is 2.76. The normalized spacial score (nSPS) is 11.9. The van der Waals surface area contributed by atoms with Gasteiger partial charge in [0, 0.05) is 0 Å². The van der Waals surface area contributed by atoms with E-state index in [1.807, 2.05) is 0 Å². The summed E-state index contributed by atoms with van der Waals surface area (Å²) in [5, 5.41) is 0.329. The maximum Gasteiger partial charge on any atom is 0.348 e. The topological polar surface area (TPSA) is 108 Å². The van der Waals surface area contributed by atoms with Crippen molar-refractivity contribution in [2.45, 2.75) is 26.9 Å². The number of carbonyl (C=O) groups is 2. The van der Waals surface area contributed by atoms with Gasteiger partial charge in [-0.25, -0.2) is 14.6 Å². The quantitative estimate of drug-likeness (QED) is 0.614. The average molecular weight is 416 g/mol. The van der Waals surface area contributed by atoms with Crippen molar-refractivity contribution in [1.29, 1.82) is 0 Å². The third-order valence-corrected chi connectivity index (χ3v) is 5.44. The highest BCUT2D eigenvalue weighted by Gasteiger charge is 2.22. The Kier molecular flexibility index (Phi) is 5.97. The number of hydrogen-bond acceptors (Lipinski definition) is 8. The molecule has 0 aliphatic carbocycles. The molecule has 0 saturated carbocycles. The summed E-state index contributed by atoms with van der Waals surface area (Å²) in [6.07, 6.45) is -0.796. The molecule has 0 spiro atoms. The number of fused-ring (bicyclic) bond motifs is 1. The lowest BCUT2D eigenvalue weighted by atomic mass is 10.2. The van der Waals surface area contributed by atoms with E-state index in [9.17, 15) is 14.4 Å². The van der Waals surface area contributed by atoms with Crippen molar-refractivity contribution in [3.63, 3.8) is 0 Å². The Labute approximate surface area is 170 Å². The summed E-state index contributed by atoms with van der Waals surface area (Å²) in [4.78, 5) is 44.7. The molecule has 152 valence electrons. The predicted octanol–water partition coefficient (Wildman–Crippen LogP) is 3.40. The van der Waals surface area contributed by atoms with E-state index in [1.54, 1.807) is 45.0 Å². The monoisotopic (exact) mass is 416 g/mol. The summed E-state index contributed by atoms with van der Waals surface area (Å²) in [7, 11) is 1.53. The Morgan fingerprint density at radius 3 is 2.52 bits per heavy atom. The van der Waals surface area contributed by atoms with Crippen molar-refractivity contribution in [2.24, 2.45) is 0 Å². The Bertz CT molecular complexity index is 1120. The van der Waals surface area contributed by atoms with Crippen LogP contribution in [0.5, 0.6) is 5.75 Å². The van der Waals surface area contributed by atoms with Gasteiger partial charge in [0.15, 0.2) is 11.9 Å². The number of aromatic amines is 1. The van der Waals surface area contributed by atoms with E-state index in [-0.39, 0.29) is 12.4 Å². The molecule has 0 saturated heterocycles. The lowest BCUT2D eigenvalue weighted by Gasteiger charge is -2.12. The van der Waals surface area contributed by atoms with Gasteiger partial charge in [-0.05, 0) is 50.6 Å². The maximum atomic E-state index is 12.5. The van der Waals surface area contributed by atoms with Crippen molar-refractivity contribution >= 4 is 33.5 Å². The number of carbonyl (C=O) groups excluding carboxylic acids is 2. The van der Waals surface area contributed by atoms with Gasteiger partial charge in [-0.1, -0.05) is 0 Å². The van der Waals surface area contributed by atoms with E-state index >= 15 is 0 Å². The zero-order valence-electron chi connectivity index (χ0n) is 16.4. The van der Waals surface area contributed by atoms with Crippen molar-refractivity contribution in [3.05, 3.63) is 56.4 Å². The number of thiophene rings is 1. The molecule has 1 atom stereocenters. The van der Waals surface area contributed by atoms with Crippen LogP contribution in [-0.2, 0) is 9.47 Å². The highest BCUT2D eigenvalue weighted by Crippen LogP contribution is 2.28. The second-order valence-electron chi connectivity index (χ2n) is 6.18. The summed E-state index contributed by atoms with van der Waals surface area (Å²) < 4.78 is 15.5. The van der Waals surface area contributed by atoms with E-state index < -0.39 is 23.6 Å². The van der Waals surface area contributed by atoms with Gasteiger partial charge in [-0.15, -0.1) is 11.3 Å². The van der Waals surface area contributed by atoms with Crippen molar-refractivity contribution in [1.82, 2.24) is 9.97 Å². The number of ether oxygens (including phenoxy) is 3. The molecule has 3 rings (SSSR count). The van der Waals surface area contributed by atoms with Gasteiger partial charge in [-0.2, -0.15) is 0 Å². The smallest absolute Gasteiger partial charge is 0.348 e. The summed E-state index contributed by atoms with van der Waals surface area (Å²) in [5.74, 6) is -0.233. The molecule has 2 heterocycles. The Morgan fingerprint density at radius 2 is 1.90 bits per heavy atom. The first-order chi connectivity index (χ1) is 13.8. The van der Waals surface area contributed by atoms with Crippen LogP contribution in [0.3, 0.4) is 0 Å². The van der Waals surface area contributed by atoms with Crippen LogP contribution in [0.2, 0.25) is 0 Å². The van der Waals surface area contributed by atoms with Crippen molar-refractivity contribution < 1.29 is 23.8 Å². The molecular formula is C20H20N2O6S. The molecule has 0 unspecified atom stereocenters. The van der Waals surface area contributed by atoms with Gasteiger partial charge >= 0.3 is 11.9 Å². The van der Waals surface area contributed by atoms with Gasteiger partial charge in [-0.3, -0.25) is 4.79 Å². The number of aromatic nitrogens is 2. The minimum absolute atomic E-state index is 0.195. The molecular weight excluding hydrogens is 396 g/mol. The SMILES string of the molecule is CCOC(=O)c1sc2nc([C@@H](C)OC(=O)c3ccc(OC)cc3)[nH]c(=O)c2c1C. The molecule has 9 heteroatoms. The fourth-order valence-corrected chi connectivity index (χ4v) is 3.84. The molecule has 0 aliphatic heterocycles. The van der Waals surface area contributed by atoms with E-state index in [0.717, 1.165) is 11.3 Å². The lowest BCUT2D eigenvalue weighted by molar-refractivity contribution is 0.0319. The van der Waals surface area contributed by atoms with Crippen LogP contribution in [0, 0.1) is 6.92 Å². The second-order valence-corrected chi connectivity index (χ2v) is 7.18. The molecule has 1 N–H and O–H groups in total. The summed E-state index contributed by atoms with van der Waals surface area (Å²) in [6, 6.07) is 6.47. The lowest BCUT2D eigenvalue weighted by Crippen LogP contribution is -2.17. The van der Waals surface area contributed by atoms with Crippen LogP contribution in [0.15, 0.2) is 29.1 Å². The molecule has 0 fully saturated rings. The second kappa shape index (κ2) is 8.44. The minimum atomic E-state index is -0.796. The molecule has 0 aliphatic rings. The van der Waals surface area contributed by atoms with Crippen LogP contribution >= 0.6 is 11.3 Å². The van der Waals surface area contributed by atoms with E-state index in [2.05, 4.69) is 9.97 Å². The number of benzene rings is 1. The Balaban J connectivity index is 1.87. The molecule has 3 aromatic rings. The first-order valence-corrected chi connectivity index (χ1v) is 9.72. The first-order valence-electron chi connectivity index (χ1n) is 8.91. The Morgan fingerprint density at radius 1 is 1.21 bits per heavy atom. The number of rotatable bonds is 6. The molecule has 1 aromatic carbocycles. The number of aryl methyl sites for hydroxylation is 1. The maximum absolute atomic E-state index is 12.5. The van der Waals surface area contributed by atoms with Gasteiger partial charge in [0.05, 0.1) is 24.7 Å². The van der Waals surface area contributed by atoms with Gasteiger partial charge in [0.25, 0.3) is 5.56 Å². The largest absolute Gasteiger partial charge is 0.497 e. The zero-order chi connectivity index (χ0) is 21.1. The van der Waals surface area contributed by atoms with Gasteiger partial charge in [0.1, 0.15) is 15.5 Å². The number of nitrogens with zero attached hydrogens (tertiary/aromatic N) is 1. The molecule has 8 nitrogen and oxygen atoms in total. The predicted molar refractivity (Wildman–Crippen MR) is 108 cm³/mol. The van der Waals surface area contributed by atoms with Gasteiger partial charge in [0.2, 0.25) is 0 Å². The fraction of sp³-hybridized carbons (Fsp3) is 0.300. The summed E-state index contributed by atoms with van der Waals surface area (Å²) >= 11 is 1.08. The van der Waals surface area contributed by atoms with Gasteiger partial charge < -0.3 is 19.2 Å².